The smallest absolute Gasteiger partial charge is 0.254 e. The Morgan fingerprint density at radius 1 is 1.11 bits per heavy atom. The van der Waals surface area contributed by atoms with Crippen LogP contribution < -0.4 is 15.5 Å². The second-order valence-corrected chi connectivity index (χ2v) is 10.7. The van der Waals surface area contributed by atoms with E-state index in [0.717, 1.165) is 65.0 Å². The molecule has 2 aliphatic heterocycles. The molecule has 3 N–H and O–H groups in total. The summed E-state index contributed by atoms with van der Waals surface area (Å²) in [4.78, 5) is 24.3. The maximum absolute atomic E-state index is 12.9. The van der Waals surface area contributed by atoms with Crippen LogP contribution in [0.5, 0.6) is 0 Å². The molecule has 8 nitrogen and oxygen atoms in total. The highest BCUT2D eigenvalue weighted by molar-refractivity contribution is 6.07. The van der Waals surface area contributed by atoms with Gasteiger partial charge in [0.2, 0.25) is 0 Å². The molecule has 0 bridgehead atoms. The van der Waals surface area contributed by atoms with Crippen LogP contribution in [-0.4, -0.2) is 44.2 Å². The van der Waals surface area contributed by atoms with E-state index in [1.807, 2.05) is 62.3 Å². The lowest BCUT2D eigenvalue weighted by molar-refractivity contribution is 0.0110. The molecule has 8 heteroatoms. The summed E-state index contributed by atoms with van der Waals surface area (Å²) in [6.07, 6.45) is 7.77. The predicted molar refractivity (Wildman–Crippen MR) is 146 cm³/mol. The van der Waals surface area contributed by atoms with E-state index in [9.17, 15) is 9.90 Å². The van der Waals surface area contributed by atoms with Crippen LogP contribution in [0.25, 0.3) is 22.2 Å². The molecular weight excluding hydrogens is 464 g/mol. The average molecular weight is 497 g/mol. The van der Waals surface area contributed by atoms with Gasteiger partial charge in [0.05, 0.1) is 28.7 Å². The van der Waals surface area contributed by atoms with Crippen LogP contribution in [0.3, 0.4) is 0 Å². The van der Waals surface area contributed by atoms with Crippen LogP contribution in [-0.2, 0) is 13.6 Å². The number of carbonyl (C=O) groups is 1. The lowest BCUT2D eigenvalue weighted by atomic mass is 9.84. The van der Waals surface area contributed by atoms with Crippen LogP contribution in [0.1, 0.15) is 42.6 Å². The van der Waals surface area contributed by atoms with Gasteiger partial charge in [-0.2, -0.15) is 0 Å². The Morgan fingerprint density at radius 3 is 2.76 bits per heavy atom. The summed E-state index contributed by atoms with van der Waals surface area (Å²) in [5, 5.41) is 17.9. The van der Waals surface area contributed by atoms with Gasteiger partial charge in [-0.05, 0) is 73.7 Å². The monoisotopic (exact) mass is 496 g/mol. The van der Waals surface area contributed by atoms with E-state index < -0.39 is 5.60 Å². The number of carbonyl (C=O) groups excluding carboxylic acids is 1. The van der Waals surface area contributed by atoms with Gasteiger partial charge in [0, 0.05) is 50.4 Å². The summed E-state index contributed by atoms with van der Waals surface area (Å²) in [5.74, 6) is 0.834. The fourth-order valence-corrected chi connectivity index (χ4v) is 5.68. The summed E-state index contributed by atoms with van der Waals surface area (Å²) in [6.45, 7) is 6.04. The number of hydrogen-bond donors (Lipinski definition) is 3. The van der Waals surface area contributed by atoms with Crippen LogP contribution in [0, 0.1) is 5.92 Å². The minimum Gasteiger partial charge on any atom is -0.390 e. The Hall–Kier alpha value is -3.91. The van der Waals surface area contributed by atoms with Crippen molar-refractivity contribution in [1.29, 1.82) is 0 Å². The van der Waals surface area contributed by atoms with Gasteiger partial charge in [-0.25, -0.2) is 9.97 Å². The van der Waals surface area contributed by atoms with Crippen molar-refractivity contribution >= 4 is 34.1 Å². The van der Waals surface area contributed by atoms with E-state index in [1.165, 1.54) is 0 Å². The molecule has 1 aromatic carbocycles. The molecule has 1 atom stereocenters. The maximum atomic E-state index is 12.9. The van der Waals surface area contributed by atoms with Crippen molar-refractivity contribution in [2.45, 2.75) is 38.8 Å². The molecule has 5 heterocycles. The first kappa shape index (κ1) is 23.5. The molecule has 1 saturated heterocycles. The number of aromatic nitrogens is 3. The fraction of sp³-hybridized carbons (Fsp3) is 0.345. The number of rotatable bonds is 5. The molecule has 37 heavy (non-hydrogen) atoms. The lowest BCUT2D eigenvalue weighted by Crippen LogP contribution is -2.44. The van der Waals surface area contributed by atoms with Crippen molar-refractivity contribution in [3.63, 3.8) is 0 Å². The largest absolute Gasteiger partial charge is 0.390 e. The lowest BCUT2D eigenvalue weighted by Gasteiger charge is -2.39. The van der Waals surface area contributed by atoms with Gasteiger partial charge in [0.1, 0.15) is 11.5 Å². The van der Waals surface area contributed by atoms with Gasteiger partial charge >= 0.3 is 0 Å². The molecule has 3 aromatic heterocycles. The van der Waals surface area contributed by atoms with E-state index in [-0.39, 0.29) is 11.8 Å². The number of aryl methyl sites for hydroxylation is 1. The van der Waals surface area contributed by atoms with Crippen LogP contribution in [0.2, 0.25) is 0 Å². The van der Waals surface area contributed by atoms with Crippen LogP contribution in [0.4, 0.5) is 17.2 Å². The number of aliphatic hydroxyl groups is 1. The van der Waals surface area contributed by atoms with E-state index in [4.69, 9.17) is 0 Å². The highest BCUT2D eigenvalue weighted by atomic mass is 16.3. The first-order valence-corrected chi connectivity index (χ1v) is 12.8. The van der Waals surface area contributed by atoms with E-state index >= 15 is 0 Å². The number of anilines is 3. The minimum atomic E-state index is -0.691. The maximum Gasteiger partial charge on any atom is 0.254 e. The molecule has 190 valence electrons. The normalized spacial score (nSPS) is 17.7. The standard InChI is InChI=1S/C29H32N6O2/c1-29(2,37)18-5-4-13-35(17-18)19-6-9-25(31-15-19)33-24-8-7-20(23-16-32-28(36)26(23)24)21-10-12-30-27-22(21)11-14-34(27)3/h6-12,14-15,18,37H,4-5,13,16-17H2,1-3H3,(H,31,33)(H,32,36)/t18-/m1/s1. The van der Waals surface area contributed by atoms with E-state index in [2.05, 4.69) is 43.7 Å². The molecule has 0 unspecified atom stereocenters. The minimum absolute atomic E-state index is 0.0830. The quantitative estimate of drug-likeness (QED) is 0.374. The predicted octanol–water partition coefficient (Wildman–Crippen LogP) is 4.61. The van der Waals surface area contributed by atoms with Crippen LogP contribution >= 0.6 is 0 Å². The number of benzene rings is 1. The SMILES string of the molecule is Cn1ccc2c(-c3ccc(Nc4ccc(N5CCC[C@@H](C(C)(C)O)C5)cn4)c4c3CNC4=O)ccnc21. The zero-order chi connectivity index (χ0) is 25.7. The van der Waals surface area contributed by atoms with Gasteiger partial charge in [-0.1, -0.05) is 6.07 Å². The van der Waals surface area contributed by atoms with Crippen molar-refractivity contribution in [3.8, 4) is 11.1 Å². The Morgan fingerprint density at radius 2 is 1.97 bits per heavy atom. The van der Waals surface area contributed by atoms with Crippen molar-refractivity contribution in [3.05, 3.63) is 66.1 Å². The van der Waals surface area contributed by atoms with Gasteiger partial charge in [-0.15, -0.1) is 0 Å². The Kier molecular flexibility index (Phi) is 5.64. The third-order valence-electron chi connectivity index (χ3n) is 7.82. The molecule has 6 rings (SSSR count). The third kappa shape index (κ3) is 4.21. The fourth-order valence-electron chi connectivity index (χ4n) is 5.68. The van der Waals surface area contributed by atoms with Gasteiger partial charge < -0.3 is 25.2 Å². The zero-order valence-corrected chi connectivity index (χ0v) is 21.5. The summed E-state index contributed by atoms with van der Waals surface area (Å²) >= 11 is 0. The highest BCUT2D eigenvalue weighted by Crippen LogP contribution is 2.38. The molecule has 0 radical (unpaired) electrons. The number of amides is 1. The number of nitrogens with one attached hydrogen (secondary N) is 2. The highest BCUT2D eigenvalue weighted by Gasteiger charge is 2.31. The van der Waals surface area contributed by atoms with Crippen molar-refractivity contribution in [2.75, 3.05) is 23.3 Å². The van der Waals surface area contributed by atoms with Gasteiger partial charge in [-0.3, -0.25) is 4.79 Å². The van der Waals surface area contributed by atoms with Gasteiger partial charge in [0.15, 0.2) is 0 Å². The molecule has 1 fully saturated rings. The third-order valence-corrected chi connectivity index (χ3v) is 7.82. The molecule has 0 spiro atoms. The summed E-state index contributed by atoms with van der Waals surface area (Å²) < 4.78 is 2.00. The summed E-state index contributed by atoms with van der Waals surface area (Å²) in [5.41, 5.74) is 5.75. The number of piperidine rings is 1. The molecule has 0 aliphatic carbocycles. The number of pyridine rings is 2. The van der Waals surface area contributed by atoms with Crippen LogP contribution in [0.15, 0.2) is 55.0 Å². The topological polar surface area (TPSA) is 95.3 Å². The summed E-state index contributed by atoms with van der Waals surface area (Å²) in [6, 6.07) is 12.1. The second kappa shape index (κ2) is 8.88. The van der Waals surface area contributed by atoms with Gasteiger partial charge in [0.25, 0.3) is 5.91 Å². The molecular formula is C29H32N6O2. The Balaban J connectivity index is 1.28. The second-order valence-electron chi connectivity index (χ2n) is 10.7. The van der Waals surface area contributed by atoms with E-state index in [1.54, 1.807) is 0 Å². The molecule has 1 amide bonds. The Bertz CT molecular complexity index is 1490. The molecule has 2 aliphatic rings. The number of nitrogens with zero attached hydrogens (tertiary/aromatic N) is 4. The first-order valence-electron chi connectivity index (χ1n) is 12.8. The average Bonchev–Trinajstić information content (AvgIpc) is 3.47. The number of fused-ring (bicyclic) bond motifs is 2. The van der Waals surface area contributed by atoms with Crippen molar-refractivity contribution in [1.82, 2.24) is 19.9 Å². The van der Waals surface area contributed by atoms with Crippen molar-refractivity contribution < 1.29 is 9.90 Å². The first-order chi connectivity index (χ1) is 17.8. The molecule has 4 aromatic rings. The Labute approximate surface area is 216 Å². The number of hydrogen-bond acceptors (Lipinski definition) is 6. The zero-order valence-electron chi connectivity index (χ0n) is 21.5. The summed E-state index contributed by atoms with van der Waals surface area (Å²) in [7, 11) is 1.98. The molecule has 0 saturated carbocycles. The van der Waals surface area contributed by atoms with E-state index in [0.29, 0.717) is 17.9 Å². The van der Waals surface area contributed by atoms with Crippen molar-refractivity contribution in [2.24, 2.45) is 13.0 Å².